The van der Waals surface area contributed by atoms with Crippen LogP contribution in [0.2, 0.25) is 0 Å². The molecule has 7 nitrogen and oxygen atoms in total. The van der Waals surface area contributed by atoms with Gasteiger partial charge in [0.2, 0.25) is 4.80 Å². The second kappa shape index (κ2) is 8.34. The summed E-state index contributed by atoms with van der Waals surface area (Å²) in [6, 6.07) is 8.31. The minimum Gasteiger partial charge on any atom is -0.462 e. The summed E-state index contributed by atoms with van der Waals surface area (Å²) >= 11 is 2.33. The van der Waals surface area contributed by atoms with E-state index in [2.05, 4.69) is 4.40 Å². The normalized spacial score (nSPS) is 12.6. The molecule has 3 rings (SSSR count). The zero-order chi connectivity index (χ0) is 19.4. The van der Waals surface area contributed by atoms with Crippen LogP contribution in [0.1, 0.15) is 17.3 Å². The average molecular weight is 427 g/mol. The summed E-state index contributed by atoms with van der Waals surface area (Å²) in [5.74, 6) is -0.416. The number of carbonyl (C=O) groups excluding carboxylic acids is 1. The van der Waals surface area contributed by atoms with Gasteiger partial charge in [-0.15, -0.1) is 15.7 Å². The monoisotopic (exact) mass is 426 g/mol. The van der Waals surface area contributed by atoms with E-state index in [4.69, 9.17) is 9.47 Å². The molecule has 27 heavy (non-hydrogen) atoms. The van der Waals surface area contributed by atoms with Crippen LogP contribution in [0.5, 0.6) is 0 Å². The number of aromatic nitrogens is 1. The van der Waals surface area contributed by atoms with Crippen LogP contribution in [-0.2, 0) is 26.0 Å². The van der Waals surface area contributed by atoms with Crippen molar-refractivity contribution < 1.29 is 22.7 Å². The maximum absolute atomic E-state index is 12.6. The lowest BCUT2D eigenvalue weighted by Gasteiger charge is -2.05. The van der Waals surface area contributed by atoms with E-state index in [9.17, 15) is 13.2 Å². The van der Waals surface area contributed by atoms with Crippen molar-refractivity contribution in [3.8, 4) is 0 Å². The maximum atomic E-state index is 12.6. The number of ether oxygens (including phenoxy) is 2. The van der Waals surface area contributed by atoms with Crippen LogP contribution in [-0.4, -0.2) is 39.3 Å². The molecule has 3 aromatic rings. The van der Waals surface area contributed by atoms with Crippen molar-refractivity contribution in [3.05, 3.63) is 46.1 Å². The molecular weight excluding hydrogens is 408 g/mol. The SMILES string of the molecule is CCOC(=O)c1ccc2c(c1)s/c(=N\S(=O)(=O)c1cccs1)n2CCOC. The summed E-state index contributed by atoms with van der Waals surface area (Å²) in [4.78, 5) is 12.3. The number of esters is 1. The predicted octanol–water partition coefficient (Wildman–Crippen LogP) is 2.88. The quantitative estimate of drug-likeness (QED) is 0.542. The largest absolute Gasteiger partial charge is 0.462 e. The Bertz CT molecular complexity index is 1110. The highest BCUT2D eigenvalue weighted by atomic mass is 32.2. The van der Waals surface area contributed by atoms with Crippen LogP contribution < -0.4 is 4.80 Å². The molecule has 0 spiro atoms. The van der Waals surface area contributed by atoms with Gasteiger partial charge in [0.15, 0.2) is 0 Å². The second-order valence-electron chi connectivity index (χ2n) is 5.43. The molecule has 0 aliphatic heterocycles. The highest BCUT2D eigenvalue weighted by Gasteiger charge is 2.17. The predicted molar refractivity (Wildman–Crippen MR) is 105 cm³/mol. The second-order valence-corrected chi connectivity index (χ2v) is 9.22. The van der Waals surface area contributed by atoms with E-state index in [1.807, 2.05) is 0 Å². The lowest BCUT2D eigenvalue weighted by molar-refractivity contribution is 0.0526. The number of nitrogens with zero attached hydrogens (tertiary/aromatic N) is 2. The molecule has 0 bridgehead atoms. The van der Waals surface area contributed by atoms with Crippen molar-refractivity contribution in [1.82, 2.24) is 4.57 Å². The average Bonchev–Trinajstić information content (AvgIpc) is 3.28. The van der Waals surface area contributed by atoms with Crippen LogP contribution in [0.25, 0.3) is 10.2 Å². The van der Waals surface area contributed by atoms with Gasteiger partial charge >= 0.3 is 5.97 Å². The zero-order valence-electron chi connectivity index (χ0n) is 14.7. The van der Waals surface area contributed by atoms with Gasteiger partial charge in [0.1, 0.15) is 4.21 Å². The lowest BCUT2D eigenvalue weighted by Crippen LogP contribution is -2.19. The summed E-state index contributed by atoms with van der Waals surface area (Å²) in [5, 5.41) is 1.69. The van der Waals surface area contributed by atoms with Crippen LogP contribution in [0, 0.1) is 0 Å². The van der Waals surface area contributed by atoms with Crippen LogP contribution in [0.4, 0.5) is 0 Å². The molecule has 0 amide bonds. The van der Waals surface area contributed by atoms with Gasteiger partial charge in [-0.2, -0.15) is 8.42 Å². The van der Waals surface area contributed by atoms with Crippen molar-refractivity contribution in [2.24, 2.45) is 4.40 Å². The minimum absolute atomic E-state index is 0.186. The van der Waals surface area contributed by atoms with Gasteiger partial charge in [-0.1, -0.05) is 17.4 Å². The number of benzene rings is 1. The molecule has 2 heterocycles. The fourth-order valence-electron chi connectivity index (χ4n) is 2.44. The van der Waals surface area contributed by atoms with Crippen molar-refractivity contribution in [2.45, 2.75) is 17.7 Å². The molecule has 0 aliphatic rings. The van der Waals surface area contributed by atoms with Crippen molar-refractivity contribution >= 4 is 48.9 Å². The Morgan fingerprint density at radius 1 is 1.30 bits per heavy atom. The number of sulfonamides is 1. The van der Waals surface area contributed by atoms with Crippen LogP contribution in [0.3, 0.4) is 0 Å². The van der Waals surface area contributed by atoms with Crippen LogP contribution >= 0.6 is 22.7 Å². The summed E-state index contributed by atoms with van der Waals surface area (Å²) in [6.07, 6.45) is 0. The molecule has 0 N–H and O–H groups in total. The topological polar surface area (TPSA) is 87.0 Å². The standard InChI is InChI=1S/C17H18N2O5S3/c1-3-24-16(20)12-6-7-13-14(11-12)26-17(19(13)8-9-23-2)18-27(21,22)15-5-4-10-25-15/h4-7,10-11H,3,8-9H2,1-2H3/b18-17-. The molecule has 0 atom stereocenters. The number of carbonyl (C=O) groups is 1. The number of hydrogen-bond donors (Lipinski definition) is 0. The smallest absolute Gasteiger partial charge is 0.338 e. The Hall–Kier alpha value is -2.01. The Labute approximate surface area is 164 Å². The molecule has 0 radical (unpaired) electrons. The third kappa shape index (κ3) is 4.29. The van der Waals surface area contributed by atoms with E-state index >= 15 is 0 Å². The first-order chi connectivity index (χ1) is 13.0. The molecule has 0 aliphatic carbocycles. The van der Waals surface area contributed by atoms with Crippen LogP contribution in [0.15, 0.2) is 44.3 Å². The number of thiophene rings is 1. The van der Waals surface area contributed by atoms with Gasteiger partial charge < -0.3 is 14.0 Å². The van der Waals surface area contributed by atoms with Crippen molar-refractivity contribution in [2.75, 3.05) is 20.3 Å². The molecule has 10 heteroatoms. The maximum Gasteiger partial charge on any atom is 0.338 e. The van der Waals surface area contributed by atoms with E-state index in [1.165, 1.54) is 17.4 Å². The summed E-state index contributed by atoms with van der Waals surface area (Å²) in [7, 11) is -2.22. The fraction of sp³-hybridized carbons (Fsp3) is 0.294. The Balaban J connectivity index is 2.16. The van der Waals surface area contributed by atoms with E-state index in [-0.39, 0.29) is 10.8 Å². The summed E-state index contributed by atoms with van der Waals surface area (Å²) in [6.45, 7) is 2.87. The molecule has 2 aromatic heterocycles. The first kappa shape index (κ1) is 19.7. The minimum atomic E-state index is -3.80. The Kier molecular flexibility index (Phi) is 6.10. The number of fused-ring (bicyclic) bond motifs is 1. The van der Waals surface area contributed by atoms with Gasteiger partial charge in [-0.05, 0) is 36.6 Å². The molecule has 0 unspecified atom stereocenters. The summed E-state index contributed by atoms with van der Waals surface area (Å²) < 4.78 is 42.0. The molecule has 0 fully saturated rings. The van der Waals surface area contributed by atoms with E-state index in [0.717, 1.165) is 21.6 Å². The van der Waals surface area contributed by atoms with Gasteiger partial charge in [0.05, 0.1) is 29.0 Å². The highest BCUT2D eigenvalue weighted by molar-refractivity contribution is 7.92. The lowest BCUT2D eigenvalue weighted by atomic mass is 10.2. The van der Waals surface area contributed by atoms with E-state index in [0.29, 0.717) is 23.5 Å². The number of rotatable bonds is 7. The molecule has 0 saturated heterocycles. The summed E-state index contributed by atoms with van der Waals surface area (Å²) in [5.41, 5.74) is 1.20. The molecule has 144 valence electrons. The van der Waals surface area contributed by atoms with E-state index < -0.39 is 16.0 Å². The number of thiazole rings is 1. The van der Waals surface area contributed by atoms with E-state index in [1.54, 1.807) is 48.2 Å². The van der Waals surface area contributed by atoms with Gasteiger partial charge in [0, 0.05) is 13.7 Å². The number of hydrogen-bond acceptors (Lipinski definition) is 7. The van der Waals surface area contributed by atoms with Crippen molar-refractivity contribution in [3.63, 3.8) is 0 Å². The van der Waals surface area contributed by atoms with Gasteiger partial charge in [0.25, 0.3) is 10.0 Å². The zero-order valence-corrected chi connectivity index (χ0v) is 17.2. The third-order valence-electron chi connectivity index (χ3n) is 3.66. The first-order valence-corrected chi connectivity index (χ1v) is 11.2. The highest BCUT2D eigenvalue weighted by Crippen LogP contribution is 2.22. The van der Waals surface area contributed by atoms with Gasteiger partial charge in [-0.3, -0.25) is 0 Å². The molecular formula is C17H18N2O5S3. The first-order valence-electron chi connectivity index (χ1n) is 8.10. The number of methoxy groups -OCH3 is 1. The van der Waals surface area contributed by atoms with Gasteiger partial charge in [-0.25, -0.2) is 4.79 Å². The Morgan fingerprint density at radius 3 is 2.78 bits per heavy atom. The fourth-order valence-corrected chi connectivity index (χ4v) is 5.71. The molecule has 0 saturated carbocycles. The Morgan fingerprint density at radius 2 is 2.11 bits per heavy atom. The molecule has 1 aromatic carbocycles. The van der Waals surface area contributed by atoms with Crippen molar-refractivity contribution in [1.29, 1.82) is 0 Å². The third-order valence-corrected chi connectivity index (χ3v) is 7.46.